The smallest absolute Gasteiger partial charge is 0.411 e. The Labute approximate surface area is 165 Å². The molecule has 2 N–H and O–H groups in total. The highest BCUT2D eigenvalue weighted by atomic mass is 35.5. The van der Waals surface area contributed by atoms with Crippen molar-refractivity contribution in [3.63, 3.8) is 0 Å². The fraction of sp³-hybridized carbons (Fsp3) is 0.176. The molecule has 2 rings (SSSR count). The van der Waals surface area contributed by atoms with Crippen molar-refractivity contribution in [2.24, 2.45) is 0 Å². The van der Waals surface area contributed by atoms with E-state index in [0.29, 0.717) is 16.5 Å². The Kier molecular flexibility index (Phi) is 7.38. The molecule has 0 aliphatic heterocycles. The molecular formula is C17H15Cl3N2O4. The Balaban J connectivity index is 1.94. The van der Waals surface area contributed by atoms with Crippen LogP contribution in [0.25, 0.3) is 0 Å². The van der Waals surface area contributed by atoms with E-state index in [9.17, 15) is 9.59 Å². The van der Waals surface area contributed by atoms with Gasteiger partial charge in [-0.1, -0.05) is 40.9 Å². The lowest BCUT2D eigenvalue weighted by atomic mass is 10.3. The summed E-state index contributed by atoms with van der Waals surface area (Å²) in [5.41, 5.74) is 0.731. The lowest BCUT2D eigenvalue weighted by Crippen LogP contribution is -2.20. The monoisotopic (exact) mass is 416 g/mol. The maximum atomic E-state index is 12.0. The fourth-order valence-electron chi connectivity index (χ4n) is 1.93. The molecule has 0 bridgehead atoms. The Morgan fingerprint density at radius 3 is 2.38 bits per heavy atom. The molecule has 2 aromatic carbocycles. The van der Waals surface area contributed by atoms with E-state index in [2.05, 4.69) is 10.6 Å². The van der Waals surface area contributed by atoms with Gasteiger partial charge >= 0.3 is 6.09 Å². The normalized spacial score (nSPS) is 10.2. The van der Waals surface area contributed by atoms with Crippen LogP contribution in [0.2, 0.25) is 15.1 Å². The van der Waals surface area contributed by atoms with Crippen LogP contribution in [0.3, 0.4) is 0 Å². The average molecular weight is 418 g/mol. The number of benzene rings is 2. The topological polar surface area (TPSA) is 76.7 Å². The van der Waals surface area contributed by atoms with Crippen LogP contribution in [0.1, 0.15) is 6.92 Å². The number of anilines is 2. The number of nitrogens with one attached hydrogen (secondary N) is 2. The highest BCUT2D eigenvalue weighted by Crippen LogP contribution is 2.33. The number of ether oxygens (including phenoxy) is 2. The second kappa shape index (κ2) is 9.52. The van der Waals surface area contributed by atoms with Crippen molar-refractivity contribution in [3.05, 3.63) is 51.5 Å². The second-order valence-electron chi connectivity index (χ2n) is 4.95. The van der Waals surface area contributed by atoms with Gasteiger partial charge in [-0.3, -0.25) is 10.1 Å². The zero-order valence-electron chi connectivity index (χ0n) is 13.6. The molecule has 0 aliphatic carbocycles. The van der Waals surface area contributed by atoms with Crippen molar-refractivity contribution >= 4 is 58.2 Å². The van der Waals surface area contributed by atoms with Crippen molar-refractivity contribution in [1.29, 1.82) is 0 Å². The number of hydrogen-bond donors (Lipinski definition) is 2. The summed E-state index contributed by atoms with van der Waals surface area (Å²) < 4.78 is 10.2. The summed E-state index contributed by atoms with van der Waals surface area (Å²) >= 11 is 17.9. The van der Waals surface area contributed by atoms with Crippen LogP contribution in [-0.4, -0.2) is 25.2 Å². The van der Waals surface area contributed by atoms with E-state index in [1.165, 1.54) is 12.1 Å². The highest BCUT2D eigenvalue weighted by molar-refractivity contribution is 6.42. The zero-order chi connectivity index (χ0) is 19.1. The summed E-state index contributed by atoms with van der Waals surface area (Å²) in [6.45, 7) is 1.69. The van der Waals surface area contributed by atoms with Crippen LogP contribution < -0.4 is 15.4 Å². The fourth-order valence-corrected chi connectivity index (χ4v) is 2.85. The Morgan fingerprint density at radius 2 is 1.73 bits per heavy atom. The summed E-state index contributed by atoms with van der Waals surface area (Å²) in [5, 5.41) is 5.90. The summed E-state index contributed by atoms with van der Waals surface area (Å²) in [6.07, 6.45) is -0.575. The van der Waals surface area contributed by atoms with Crippen LogP contribution in [0.5, 0.6) is 5.75 Å². The molecule has 0 saturated heterocycles. The lowest BCUT2D eigenvalue weighted by molar-refractivity contribution is -0.118. The van der Waals surface area contributed by atoms with Gasteiger partial charge < -0.3 is 14.8 Å². The quantitative estimate of drug-likeness (QED) is 0.674. The largest absolute Gasteiger partial charge is 0.484 e. The molecule has 138 valence electrons. The average Bonchev–Trinajstić information content (AvgIpc) is 2.57. The number of amides is 2. The van der Waals surface area contributed by atoms with Gasteiger partial charge in [0.05, 0.1) is 22.3 Å². The van der Waals surface area contributed by atoms with Gasteiger partial charge in [-0.05, 0) is 31.2 Å². The van der Waals surface area contributed by atoms with Crippen molar-refractivity contribution in [2.45, 2.75) is 6.92 Å². The maximum absolute atomic E-state index is 12.0. The van der Waals surface area contributed by atoms with Gasteiger partial charge in [0, 0.05) is 16.8 Å². The third-order valence-electron chi connectivity index (χ3n) is 3.00. The third kappa shape index (κ3) is 5.98. The predicted octanol–water partition coefficient (Wildman–Crippen LogP) is 5.23. The van der Waals surface area contributed by atoms with Crippen molar-refractivity contribution in [2.75, 3.05) is 23.8 Å². The Bertz CT molecular complexity index is 791. The van der Waals surface area contributed by atoms with E-state index in [0.717, 1.165) is 0 Å². The first-order chi connectivity index (χ1) is 12.4. The molecule has 0 saturated carbocycles. The number of rotatable bonds is 6. The van der Waals surface area contributed by atoms with Gasteiger partial charge in [-0.2, -0.15) is 0 Å². The first-order valence-corrected chi connectivity index (χ1v) is 8.63. The van der Waals surface area contributed by atoms with Crippen LogP contribution >= 0.6 is 34.8 Å². The molecule has 26 heavy (non-hydrogen) atoms. The zero-order valence-corrected chi connectivity index (χ0v) is 15.9. The van der Waals surface area contributed by atoms with Crippen LogP contribution in [0.15, 0.2) is 36.4 Å². The van der Waals surface area contributed by atoms with E-state index >= 15 is 0 Å². The Morgan fingerprint density at radius 1 is 1.04 bits per heavy atom. The minimum Gasteiger partial charge on any atom is -0.484 e. The van der Waals surface area contributed by atoms with E-state index in [1.807, 2.05) is 0 Å². The first-order valence-electron chi connectivity index (χ1n) is 7.50. The highest BCUT2D eigenvalue weighted by Gasteiger charge is 2.12. The number of carbonyl (C=O) groups is 2. The van der Waals surface area contributed by atoms with Crippen LogP contribution in [0, 0.1) is 0 Å². The molecule has 0 unspecified atom stereocenters. The molecule has 0 fully saturated rings. The molecule has 0 aliphatic rings. The standard InChI is InChI=1S/C17H15Cl3N2O4/c1-2-25-17(24)21-11-4-3-5-12(8-11)26-9-15(23)22-16-13(19)6-10(18)7-14(16)20/h3-8H,2,9H2,1H3,(H,21,24)(H,22,23). The van der Waals surface area contributed by atoms with Crippen molar-refractivity contribution < 1.29 is 19.1 Å². The van der Waals surface area contributed by atoms with E-state index in [-0.39, 0.29) is 28.9 Å². The molecule has 2 amide bonds. The first kappa shape index (κ1) is 20.2. The third-order valence-corrected chi connectivity index (χ3v) is 3.81. The molecule has 0 heterocycles. The molecule has 6 nitrogen and oxygen atoms in total. The SMILES string of the molecule is CCOC(=O)Nc1cccc(OCC(=O)Nc2c(Cl)cc(Cl)cc2Cl)c1. The molecule has 9 heteroatoms. The van der Waals surface area contributed by atoms with E-state index in [4.69, 9.17) is 44.3 Å². The molecule has 0 atom stereocenters. The summed E-state index contributed by atoms with van der Waals surface area (Å²) in [6, 6.07) is 9.48. The van der Waals surface area contributed by atoms with Gasteiger partial charge in [-0.25, -0.2) is 4.79 Å². The minimum atomic E-state index is -0.575. The number of halogens is 3. The van der Waals surface area contributed by atoms with Crippen LogP contribution in [0.4, 0.5) is 16.2 Å². The Hall–Kier alpha value is -2.15. The molecule has 2 aromatic rings. The predicted molar refractivity (Wildman–Crippen MR) is 103 cm³/mol. The molecule has 0 radical (unpaired) electrons. The van der Waals surface area contributed by atoms with Gasteiger partial charge in [0.15, 0.2) is 6.61 Å². The van der Waals surface area contributed by atoms with Crippen molar-refractivity contribution in [1.82, 2.24) is 0 Å². The van der Waals surface area contributed by atoms with E-state index < -0.39 is 12.0 Å². The number of carbonyl (C=O) groups excluding carboxylic acids is 2. The molecule has 0 spiro atoms. The summed E-state index contributed by atoms with van der Waals surface area (Å²) in [4.78, 5) is 23.5. The minimum absolute atomic E-state index is 0.219. The van der Waals surface area contributed by atoms with E-state index in [1.54, 1.807) is 31.2 Å². The summed E-state index contributed by atoms with van der Waals surface area (Å²) in [5.74, 6) is -0.0670. The van der Waals surface area contributed by atoms with Gasteiger partial charge in [0.25, 0.3) is 5.91 Å². The molecule has 0 aromatic heterocycles. The van der Waals surface area contributed by atoms with Crippen LogP contribution in [-0.2, 0) is 9.53 Å². The summed E-state index contributed by atoms with van der Waals surface area (Å²) in [7, 11) is 0. The second-order valence-corrected chi connectivity index (χ2v) is 6.21. The lowest BCUT2D eigenvalue weighted by Gasteiger charge is -2.11. The molecular weight excluding hydrogens is 403 g/mol. The van der Waals surface area contributed by atoms with Crippen molar-refractivity contribution in [3.8, 4) is 5.75 Å². The van der Waals surface area contributed by atoms with Gasteiger partial charge in [-0.15, -0.1) is 0 Å². The number of hydrogen-bond acceptors (Lipinski definition) is 4. The van der Waals surface area contributed by atoms with Gasteiger partial charge in [0.1, 0.15) is 5.75 Å². The van der Waals surface area contributed by atoms with Gasteiger partial charge in [0.2, 0.25) is 0 Å². The maximum Gasteiger partial charge on any atom is 0.411 e.